The molecule has 0 spiro atoms. The highest BCUT2D eigenvalue weighted by Crippen LogP contribution is 2.24. The van der Waals surface area contributed by atoms with Crippen molar-refractivity contribution in [3.05, 3.63) is 42.0 Å². The fraction of sp³-hybridized carbons (Fsp3) is 0.529. The molecular formula is C17H25N. The molecule has 0 saturated carbocycles. The Morgan fingerprint density at radius 2 is 1.61 bits per heavy atom. The normalized spacial score (nSPS) is 19.2. The summed E-state index contributed by atoms with van der Waals surface area (Å²) in [6.07, 6.45) is 5.51. The van der Waals surface area contributed by atoms with Gasteiger partial charge < -0.3 is 0 Å². The summed E-state index contributed by atoms with van der Waals surface area (Å²) in [6.45, 7) is 10.9. The molecule has 0 bridgehead atoms. The van der Waals surface area contributed by atoms with Crippen LogP contribution in [0.3, 0.4) is 0 Å². The van der Waals surface area contributed by atoms with Gasteiger partial charge in [0.1, 0.15) is 0 Å². The molecule has 0 aromatic heterocycles. The largest absolute Gasteiger partial charge is 0.297 e. The van der Waals surface area contributed by atoms with E-state index in [1.165, 1.54) is 49.9 Å². The Labute approximate surface area is 112 Å². The highest BCUT2D eigenvalue weighted by atomic mass is 15.1. The number of likely N-dealkylation sites (tertiary alicyclic amines) is 1. The second-order valence-corrected chi connectivity index (χ2v) is 5.53. The lowest BCUT2D eigenvalue weighted by molar-refractivity contribution is 0.219. The highest BCUT2D eigenvalue weighted by Gasteiger charge is 2.16. The van der Waals surface area contributed by atoms with Crippen molar-refractivity contribution in [2.75, 3.05) is 13.1 Å². The third-order valence-corrected chi connectivity index (χ3v) is 4.07. The first kappa shape index (κ1) is 13.4. The lowest BCUT2D eigenvalue weighted by Crippen LogP contribution is -2.27. The van der Waals surface area contributed by atoms with Gasteiger partial charge in [-0.1, -0.05) is 49.3 Å². The van der Waals surface area contributed by atoms with Crippen LogP contribution >= 0.6 is 0 Å². The maximum Gasteiger partial charge on any atom is 0.0319 e. The van der Waals surface area contributed by atoms with Gasteiger partial charge in [-0.25, -0.2) is 0 Å². The van der Waals surface area contributed by atoms with Gasteiger partial charge in [0.25, 0.3) is 0 Å². The topological polar surface area (TPSA) is 3.24 Å². The number of rotatable bonds is 3. The molecule has 0 amide bonds. The van der Waals surface area contributed by atoms with Crippen LogP contribution in [0.15, 0.2) is 30.8 Å². The van der Waals surface area contributed by atoms with E-state index >= 15 is 0 Å². The van der Waals surface area contributed by atoms with Gasteiger partial charge in [0, 0.05) is 6.04 Å². The summed E-state index contributed by atoms with van der Waals surface area (Å²) >= 11 is 0. The van der Waals surface area contributed by atoms with Crippen LogP contribution < -0.4 is 0 Å². The van der Waals surface area contributed by atoms with Gasteiger partial charge in [0.15, 0.2) is 0 Å². The quantitative estimate of drug-likeness (QED) is 0.746. The summed E-state index contributed by atoms with van der Waals surface area (Å²) in [7, 11) is 0. The molecule has 1 nitrogen and oxygen atoms in total. The molecule has 1 atom stereocenters. The van der Waals surface area contributed by atoms with Gasteiger partial charge in [-0.3, -0.25) is 4.90 Å². The smallest absolute Gasteiger partial charge is 0.0319 e. The van der Waals surface area contributed by atoms with Crippen molar-refractivity contribution in [1.82, 2.24) is 4.90 Å². The number of benzene rings is 1. The van der Waals surface area contributed by atoms with Crippen molar-refractivity contribution in [2.24, 2.45) is 0 Å². The fourth-order valence-corrected chi connectivity index (χ4v) is 2.74. The van der Waals surface area contributed by atoms with Gasteiger partial charge in [0.2, 0.25) is 0 Å². The first-order valence-corrected chi connectivity index (χ1v) is 7.18. The third kappa shape index (κ3) is 3.23. The van der Waals surface area contributed by atoms with Crippen molar-refractivity contribution in [1.29, 1.82) is 0 Å². The Hall–Kier alpha value is -1.08. The van der Waals surface area contributed by atoms with E-state index in [-0.39, 0.29) is 0 Å². The summed E-state index contributed by atoms with van der Waals surface area (Å²) in [5.41, 5.74) is 3.83. The molecule has 1 aromatic rings. The van der Waals surface area contributed by atoms with Crippen molar-refractivity contribution in [3.63, 3.8) is 0 Å². The molecule has 1 aromatic carbocycles. The van der Waals surface area contributed by atoms with E-state index in [4.69, 9.17) is 0 Å². The molecule has 0 aliphatic carbocycles. The van der Waals surface area contributed by atoms with Crippen LogP contribution in [-0.4, -0.2) is 18.0 Å². The zero-order valence-corrected chi connectivity index (χ0v) is 11.8. The Morgan fingerprint density at radius 1 is 1.06 bits per heavy atom. The summed E-state index contributed by atoms with van der Waals surface area (Å²) in [4.78, 5) is 2.63. The summed E-state index contributed by atoms with van der Waals surface area (Å²) in [6, 6.07) is 9.47. The van der Waals surface area contributed by atoms with Crippen molar-refractivity contribution < 1.29 is 0 Å². The van der Waals surface area contributed by atoms with E-state index in [1.807, 2.05) is 0 Å². The Balaban J connectivity index is 2.07. The van der Waals surface area contributed by atoms with E-state index in [0.717, 1.165) is 5.57 Å². The standard InChI is InChI=1S/C17H25N/c1-14(2)16-8-10-17(11-9-16)15(3)18-12-6-4-5-7-13-18/h8-11,15H,1,4-7,12-13H2,2-3H3. The van der Waals surface area contributed by atoms with Gasteiger partial charge in [-0.15, -0.1) is 0 Å². The third-order valence-electron chi connectivity index (χ3n) is 4.07. The Kier molecular flexibility index (Phi) is 4.60. The maximum atomic E-state index is 3.99. The van der Waals surface area contributed by atoms with E-state index in [2.05, 4.69) is 49.6 Å². The molecule has 1 heterocycles. The second kappa shape index (κ2) is 6.19. The maximum absolute atomic E-state index is 3.99. The Morgan fingerprint density at radius 3 is 2.11 bits per heavy atom. The van der Waals surface area contributed by atoms with Crippen LogP contribution in [0.2, 0.25) is 0 Å². The van der Waals surface area contributed by atoms with Gasteiger partial charge in [-0.05, 0) is 50.9 Å². The zero-order valence-electron chi connectivity index (χ0n) is 11.8. The summed E-state index contributed by atoms with van der Waals surface area (Å²) in [5.74, 6) is 0. The zero-order chi connectivity index (χ0) is 13.0. The first-order chi connectivity index (χ1) is 8.68. The number of hydrogen-bond acceptors (Lipinski definition) is 1. The number of allylic oxidation sites excluding steroid dienone is 1. The summed E-state index contributed by atoms with van der Waals surface area (Å²) < 4.78 is 0. The molecule has 2 rings (SSSR count). The van der Waals surface area contributed by atoms with Crippen molar-refractivity contribution in [2.45, 2.75) is 45.6 Å². The molecule has 0 radical (unpaired) electrons. The van der Waals surface area contributed by atoms with Crippen LogP contribution in [0, 0.1) is 0 Å². The van der Waals surface area contributed by atoms with Crippen LogP contribution in [0.1, 0.15) is 56.7 Å². The first-order valence-electron chi connectivity index (χ1n) is 7.18. The number of hydrogen-bond donors (Lipinski definition) is 0. The van der Waals surface area contributed by atoms with Gasteiger partial charge in [-0.2, -0.15) is 0 Å². The van der Waals surface area contributed by atoms with Crippen molar-refractivity contribution in [3.8, 4) is 0 Å². The predicted molar refractivity (Wildman–Crippen MR) is 79.6 cm³/mol. The molecule has 0 N–H and O–H groups in total. The average Bonchev–Trinajstić information content (AvgIpc) is 2.67. The van der Waals surface area contributed by atoms with Crippen LogP contribution in [0.5, 0.6) is 0 Å². The molecule has 98 valence electrons. The minimum absolute atomic E-state index is 0.544. The minimum atomic E-state index is 0.544. The fourth-order valence-electron chi connectivity index (χ4n) is 2.74. The van der Waals surface area contributed by atoms with E-state index < -0.39 is 0 Å². The van der Waals surface area contributed by atoms with Crippen LogP contribution in [0.25, 0.3) is 5.57 Å². The number of nitrogens with zero attached hydrogens (tertiary/aromatic N) is 1. The average molecular weight is 243 g/mol. The lowest BCUT2D eigenvalue weighted by Gasteiger charge is -2.28. The monoisotopic (exact) mass is 243 g/mol. The predicted octanol–water partition coefficient (Wildman–Crippen LogP) is 4.66. The highest BCUT2D eigenvalue weighted by molar-refractivity contribution is 5.61. The van der Waals surface area contributed by atoms with Crippen LogP contribution in [-0.2, 0) is 0 Å². The molecule has 1 aliphatic heterocycles. The van der Waals surface area contributed by atoms with E-state index in [0.29, 0.717) is 6.04 Å². The molecule has 1 saturated heterocycles. The van der Waals surface area contributed by atoms with Gasteiger partial charge in [0.05, 0.1) is 0 Å². The molecule has 1 aliphatic rings. The lowest BCUT2D eigenvalue weighted by atomic mass is 10.0. The second-order valence-electron chi connectivity index (χ2n) is 5.53. The van der Waals surface area contributed by atoms with Gasteiger partial charge >= 0.3 is 0 Å². The van der Waals surface area contributed by atoms with Crippen molar-refractivity contribution >= 4 is 5.57 Å². The molecule has 1 heteroatoms. The summed E-state index contributed by atoms with van der Waals surface area (Å²) in [5, 5.41) is 0. The Bertz CT molecular complexity index is 383. The molecule has 1 fully saturated rings. The molecule has 18 heavy (non-hydrogen) atoms. The molecular weight excluding hydrogens is 218 g/mol. The van der Waals surface area contributed by atoms with E-state index in [1.54, 1.807) is 0 Å². The molecule has 1 unspecified atom stereocenters. The van der Waals surface area contributed by atoms with E-state index in [9.17, 15) is 0 Å². The van der Waals surface area contributed by atoms with Crippen LogP contribution in [0.4, 0.5) is 0 Å². The minimum Gasteiger partial charge on any atom is -0.297 e. The SMILES string of the molecule is C=C(C)c1ccc(C(C)N2CCCCCC2)cc1.